The van der Waals surface area contributed by atoms with Gasteiger partial charge >= 0.3 is 21.3 Å². The van der Waals surface area contributed by atoms with Crippen molar-refractivity contribution in [1.82, 2.24) is 0 Å². The molecule has 4 aliphatic carbocycles. The summed E-state index contributed by atoms with van der Waals surface area (Å²) in [4.78, 5) is 11.8. The van der Waals surface area contributed by atoms with Crippen LogP contribution in [0.15, 0.2) is 0 Å². The monoisotopic (exact) mass is 428 g/mol. The average molecular weight is 428 g/mol. The number of hydrogen-bond donors (Lipinski definition) is 3. The summed E-state index contributed by atoms with van der Waals surface area (Å²) in [5.74, 6) is -0.708. The summed E-state index contributed by atoms with van der Waals surface area (Å²) >= 11 is 0. The van der Waals surface area contributed by atoms with Crippen LogP contribution in [0.1, 0.15) is 52.4 Å². The Morgan fingerprint density at radius 3 is 2.21 bits per heavy atom. The van der Waals surface area contributed by atoms with Gasteiger partial charge in [0.25, 0.3) is 6.29 Å². The number of hydrogen-bond acceptors (Lipinski definition) is 7. The molecule has 11 heteroatoms. The van der Waals surface area contributed by atoms with Crippen molar-refractivity contribution in [2.75, 3.05) is 6.61 Å². The maximum absolute atomic E-state index is 13.3. The highest BCUT2D eigenvalue weighted by molar-refractivity contribution is 7.86. The standard InChI is InChI=1S/C17H26F2O8S/c1-14(2,22)15-4-10-3-11(5-15)7-16(6-10,9-15)26-8-12(20)27-13(21)17(18,19)28(23,24)25/h10-11,13,21-22H,3-9H2,1-2H3,(H,23,24,25). The van der Waals surface area contributed by atoms with Gasteiger partial charge in [0.2, 0.25) is 0 Å². The number of halogens is 2. The van der Waals surface area contributed by atoms with E-state index in [4.69, 9.17) is 9.29 Å². The van der Waals surface area contributed by atoms with Crippen LogP contribution in [-0.4, -0.2) is 58.5 Å². The molecule has 0 aromatic carbocycles. The van der Waals surface area contributed by atoms with Gasteiger partial charge in [0.1, 0.15) is 6.61 Å². The number of ether oxygens (including phenoxy) is 2. The third-order valence-electron chi connectivity index (χ3n) is 6.68. The third kappa shape index (κ3) is 3.67. The first-order valence-electron chi connectivity index (χ1n) is 9.18. The minimum atomic E-state index is -5.95. The molecule has 3 N–H and O–H groups in total. The van der Waals surface area contributed by atoms with Crippen molar-refractivity contribution in [2.45, 2.75) is 75.1 Å². The zero-order valence-electron chi connectivity index (χ0n) is 15.7. The van der Waals surface area contributed by atoms with Gasteiger partial charge in [0.15, 0.2) is 0 Å². The highest BCUT2D eigenvalue weighted by Crippen LogP contribution is 2.65. The Labute approximate surface area is 161 Å². The molecule has 0 aromatic rings. The fourth-order valence-corrected chi connectivity index (χ4v) is 5.93. The van der Waals surface area contributed by atoms with Crippen LogP contribution in [0.2, 0.25) is 0 Å². The first-order valence-corrected chi connectivity index (χ1v) is 10.6. The molecule has 0 heterocycles. The molecule has 0 spiro atoms. The van der Waals surface area contributed by atoms with Crippen LogP contribution in [-0.2, 0) is 24.4 Å². The van der Waals surface area contributed by atoms with E-state index in [1.54, 1.807) is 13.8 Å². The Balaban J connectivity index is 1.65. The van der Waals surface area contributed by atoms with Crippen molar-refractivity contribution in [3.05, 3.63) is 0 Å². The average Bonchev–Trinajstić information content (AvgIpc) is 2.49. The van der Waals surface area contributed by atoms with Crippen molar-refractivity contribution in [3.8, 4) is 0 Å². The second-order valence-corrected chi connectivity index (χ2v) is 10.6. The van der Waals surface area contributed by atoms with E-state index in [1.165, 1.54) is 0 Å². The van der Waals surface area contributed by atoms with E-state index in [0.29, 0.717) is 31.1 Å². The molecule has 0 aliphatic heterocycles. The van der Waals surface area contributed by atoms with E-state index in [0.717, 1.165) is 19.3 Å². The lowest BCUT2D eigenvalue weighted by Gasteiger charge is -2.64. The topological polar surface area (TPSA) is 130 Å². The van der Waals surface area contributed by atoms with Crippen molar-refractivity contribution >= 4 is 16.1 Å². The first kappa shape index (κ1) is 21.8. The van der Waals surface area contributed by atoms with Crippen molar-refractivity contribution in [1.29, 1.82) is 0 Å². The van der Waals surface area contributed by atoms with Crippen LogP contribution < -0.4 is 0 Å². The maximum atomic E-state index is 13.3. The van der Waals surface area contributed by atoms with Crippen LogP contribution in [0, 0.1) is 17.3 Å². The SMILES string of the molecule is CC(C)(O)C12CC3CC(CC(OCC(=O)OC(O)C(F)(F)S(=O)(=O)O)(C3)C1)C2. The minimum Gasteiger partial charge on any atom is -0.426 e. The van der Waals surface area contributed by atoms with Gasteiger partial charge < -0.3 is 19.7 Å². The molecule has 162 valence electrons. The Bertz CT molecular complexity index is 731. The van der Waals surface area contributed by atoms with Gasteiger partial charge in [-0.15, -0.1) is 0 Å². The number of carbonyl (C=O) groups is 1. The highest BCUT2D eigenvalue weighted by Gasteiger charge is 2.63. The summed E-state index contributed by atoms with van der Waals surface area (Å²) in [6.07, 6.45) is 1.28. The molecule has 4 fully saturated rings. The second kappa shape index (κ2) is 6.56. The van der Waals surface area contributed by atoms with Crippen LogP contribution in [0.5, 0.6) is 0 Å². The van der Waals surface area contributed by atoms with Gasteiger partial charge in [-0.25, -0.2) is 4.79 Å². The molecule has 28 heavy (non-hydrogen) atoms. The summed E-state index contributed by atoms with van der Waals surface area (Å²) in [5, 5.41) is 14.8. The van der Waals surface area contributed by atoms with Gasteiger partial charge in [-0.05, 0) is 64.2 Å². The lowest BCUT2D eigenvalue weighted by atomic mass is 9.44. The van der Waals surface area contributed by atoms with Gasteiger partial charge in [-0.2, -0.15) is 17.2 Å². The fourth-order valence-electron chi connectivity index (χ4n) is 5.63. The number of alkyl halides is 2. The molecule has 0 aromatic heterocycles. The third-order valence-corrected chi connectivity index (χ3v) is 7.57. The molecule has 0 amide bonds. The van der Waals surface area contributed by atoms with Gasteiger partial charge in [-0.1, -0.05) is 0 Å². The second-order valence-electron chi connectivity index (χ2n) is 9.15. The molecule has 4 bridgehead atoms. The summed E-state index contributed by atoms with van der Waals surface area (Å²) in [6.45, 7) is 2.77. The van der Waals surface area contributed by atoms with Gasteiger partial charge in [0, 0.05) is 5.41 Å². The molecule has 4 rings (SSSR count). The molecule has 8 nitrogen and oxygen atoms in total. The van der Waals surface area contributed by atoms with E-state index in [1.807, 2.05) is 0 Å². The number of carbonyl (C=O) groups excluding carboxylic acids is 1. The smallest absolute Gasteiger partial charge is 0.426 e. The van der Waals surface area contributed by atoms with Gasteiger partial charge in [0.05, 0.1) is 11.2 Å². The first-order chi connectivity index (χ1) is 12.6. The number of aliphatic hydroxyl groups excluding tert-OH is 1. The van der Waals surface area contributed by atoms with E-state index in [2.05, 4.69) is 4.74 Å². The van der Waals surface area contributed by atoms with E-state index in [9.17, 15) is 32.2 Å². The molecule has 0 radical (unpaired) electrons. The zero-order valence-corrected chi connectivity index (χ0v) is 16.5. The number of rotatable bonds is 7. The summed E-state index contributed by atoms with van der Waals surface area (Å²) in [5.41, 5.74) is -1.98. The van der Waals surface area contributed by atoms with E-state index in [-0.39, 0.29) is 5.41 Å². The lowest BCUT2D eigenvalue weighted by Crippen LogP contribution is -2.63. The normalized spacial score (nSPS) is 36.4. The number of esters is 1. The van der Waals surface area contributed by atoms with Crippen LogP contribution in [0.4, 0.5) is 8.78 Å². The molecular weight excluding hydrogens is 402 g/mol. The summed E-state index contributed by atoms with van der Waals surface area (Å²) < 4.78 is 66.0. The van der Waals surface area contributed by atoms with Crippen LogP contribution >= 0.6 is 0 Å². The molecule has 4 saturated carbocycles. The maximum Gasteiger partial charge on any atom is 0.430 e. The van der Waals surface area contributed by atoms with Crippen molar-refractivity contribution < 1.29 is 46.2 Å². The molecule has 4 aliphatic rings. The van der Waals surface area contributed by atoms with E-state index >= 15 is 0 Å². The summed E-state index contributed by atoms with van der Waals surface area (Å²) in [7, 11) is -5.95. The number of aliphatic hydroxyl groups is 2. The van der Waals surface area contributed by atoms with Crippen LogP contribution in [0.3, 0.4) is 0 Å². The quantitative estimate of drug-likeness (QED) is 0.316. The fraction of sp³-hybridized carbons (Fsp3) is 0.941. The van der Waals surface area contributed by atoms with E-state index < -0.39 is 45.4 Å². The molecule has 3 atom stereocenters. The van der Waals surface area contributed by atoms with Crippen molar-refractivity contribution in [2.24, 2.45) is 17.3 Å². The Morgan fingerprint density at radius 1 is 1.21 bits per heavy atom. The predicted molar refractivity (Wildman–Crippen MR) is 90.7 cm³/mol. The van der Waals surface area contributed by atoms with Crippen molar-refractivity contribution in [3.63, 3.8) is 0 Å². The lowest BCUT2D eigenvalue weighted by molar-refractivity contribution is -0.245. The Kier molecular flexibility index (Phi) is 5.11. The highest BCUT2D eigenvalue weighted by atomic mass is 32.2. The van der Waals surface area contributed by atoms with Gasteiger partial charge in [-0.3, -0.25) is 4.55 Å². The molecule has 3 unspecified atom stereocenters. The summed E-state index contributed by atoms with van der Waals surface area (Å²) in [6, 6.07) is 0. The molecule has 0 saturated heterocycles. The Morgan fingerprint density at radius 2 is 1.75 bits per heavy atom. The van der Waals surface area contributed by atoms with Crippen LogP contribution in [0.25, 0.3) is 0 Å². The zero-order chi connectivity index (χ0) is 21.2. The predicted octanol–water partition coefficient (Wildman–Crippen LogP) is 1.46. The Hall–Kier alpha value is -0.880. The largest absolute Gasteiger partial charge is 0.430 e. The minimum absolute atomic E-state index is 0.332. The molecular formula is C17H26F2O8S.